The smallest absolute Gasteiger partial charge is 0.338 e. The molecule has 0 aliphatic heterocycles. The van der Waals surface area contributed by atoms with Gasteiger partial charge in [0.2, 0.25) is 13.6 Å². The normalized spacial score (nSPS) is 10.6. The number of hydrogen-bond acceptors (Lipinski definition) is 8. The molecule has 8 nitrogen and oxygen atoms in total. The molecule has 0 fully saturated rings. The molecular formula is C36H42O8. The Bertz CT molecular complexity index is 1370. The average molecular weight is 603 g/mol. The van der Waals surface area contributed by atoms with Gasteiger partial charge < -0.3 is 29.2 Å². The van der Waals surface area contributed by atoms with Gasteiger partial charge in [-0.3, -0.25) is 0 Å². The third-order valence-corrected chi connectivity index (χ3v) is 7.07. The van der Waals surface area contributed by atoms with E-state index in [1.54, 1.807) is 18.2 Å². The standard InChI is InChI=1S/C36H42O8/c1-5-7-8-9-10-27-11-13-29(14-12-27)30-15-16-34(28(6-2)17-30)31-18-32(41-23-43-35(39)25(3)21-37)20-33(19-31)42-24-44-36(40)26(4)22-38/h11-20,37-38H,3-10,21-24H2,1-2H3. The van der Waals surface area contributed by atoms with Crippen molar-refractivity contribution >= 4 is 11.9 Å². The Kier molecular flexibility index (Phi) is 13.7. The van der Waals surface area contributed by atoms with Gasteiger partial charge in [0.05, 0.1) is 24.4 Å². The molecule has 3 aromatic rings. The van der Waals surface area contributed by atoms with Crippen molar-refractivity contribution in [2.45, 2.75) is 52.4 Å². The van der Waals surface area contributed by atoms with Crippen LogP contribution < -0.4 is 9.47 Å². The summed E-state index contributed by atoms with van der Waals surface area (Å²) in [6, 6.07) is 20.2. The lowest BCUT2D eigenvalue weighted by Gasteiger charge is -2.16. The molecule has 2 N–H and O–H groups in total. The van der Waals surface area contributed by atoms with Gasteiger partial charge in [-0.25, -0.2) is 9.59 Å². The molecule has 0 atom stereocenters. The Balaban J connectivity index is 1.84. The van der Waals surface area contributed by atoms with Crippen molar-refractivity contribution in [2.75, 3.05) is 26.8 Å². The number of aliphatic hydroxyl groups is 2. The highest BCUT2D eigenvalue weighted by molar-refractivity contribution is 5.88. The summed E-state index contributed by atoms with van der Waals surface area (Å²) in [5, 5.41) is 18.2. The summed E-state index contributed by atoms with van der Waals surface area (Å²) in [6.45, 7) is 9.31. The van der Waals surface area contributed by atoms with Crippen LogP contribution in [0.15, 0.2) is 85.0 Å². The molecule has 0 bridgehead atoms. The molecule has 0 amide bonds. The minimum Gasteiger partial charge on any atom is -0.457 e. The van der Waals surface area contributed by atoms with E-state index in [4.69, 9.17) is 29.2 Å². The Hall–Kier alpha value is -4.40. The first kappa shape index (κ1) is 34.1. The van der Waals surface area contributed by atoms with Gasteiger partial charge in [0, 0.05) is 6.07 Å². The van der Waals surface area contributed by atoms with Gasteiger partial charge in [-0.1, -0.05) is 88.7 Å². The SMILES string of the molecule is C=C(CO)C(=O)OCOc1cc(OCOC(=O)C(=C)CO)cc(-c2ccc(-c3ccc(CCCCCC)cc3)cc2CC)c1. The number of hydrogen-bond donors (Lipinski definition) is 2. The molecule has 0 spiro atoms. The van der Waals surface area contributed by atoms with E-state index in [0.29, 0.717) is 11.5 Å². The summed E-state index contributed by atoms with van der Waals surface area (Å²) >= 11 is 0. The molecular weight excluding hydrogens is 560 g/mol. The Morgan fingerprint density at radius 2 is 1.25 bits per heavy atom. The lowest BCUT2D eigenvalue weighted by molar-refractivity contribution is -0.146. The van der Waals surface area contributed by atoms with Crippen molar-refractivity contribution in [2.24, 2.45) is 0 Å². The van der Waals surface area contributed by atoms with Gasteiger partial charge in [-0.2, -0.15) is 0 Å². The first-order chi connectivity index (χ1) is 21.3. The Labute approximate surface area is 259 Å². The molecule has 44 heavy (non-hydrogen) atoms. The zero-order valence-corrected chi connectivity index (χ0v) is 25.6. The second-order valence-electron chi connectivity index (χ2n) is 10.3. The fraction of sp³-hybridized carbons (Fsp3) is 0.333. The second-order valence-corrected chi connectivity index (χ2v) is 10.3. The Morgan fingerprint density at radius 1 is 0.682 bits per heavy atom. The zero-order valence-electron chi connectivity index (χ0n) is 25.6. The number of carbonyl (C=O) groups excluding carboxylic acids is 2. The van der Waals surface area contributed by atoms with Crippen molar-refractivity contribution in [1.29, 1.82) is 0 Å². The van der Waals surface area contributed by atoms with Crippen LogP contribution in [0.2, 0.25) is 0 Å². The van der Waals surface area contributed by atoms with Crippen LogP contribution in [-0.4, -0.2) is 49.0 Å². The topological polar surface area (TPSA) is 112 Å². The summed E-state index contributed by atoms with van der Waals surface area (Å²) in [5.74, 6) is -0.868. The number of benzene rings is 3. The number of aliphatic hydroxyl groups excluding tert-OH is 2. The van der Waals surface area contributed by atoms with E-state index < -0.39 is 38.7 Å². The van der Waals surface area contributed by atoms with E-state index in [1.807, 2.05) is 6.07 Å². The van der Waals surface area contributed by atoms with Crippen molar-refractivity contribution in [3.63, 3.8) is 0 Å². The molecule has 0 heterocycles. The minimum atomic E-state index is -0.774. The van der Waals surface area contributed by atoms with E-state index in [9.17, 15) is 9.59 Å². The van der Waals surface area contributed by atoms with Crippen molar-refractivity contribution in [3.8, 4) is 33.8 Å². The molecule has 234 valence electrons. The van der Waals surface area contributed by atoms with Crippen LogP contribution in [0.1, 0.15) is 50.7 Å². The van der Waals surface area contributed by atoms with Crippen molar-refractivity contribution < 1.29 is 38.7 Å². The third kappa shape index (κ3) is 10.1. The summed E-state index contributed by atoms with van der Waals surface area (Å²) in [6.07, 6.45) is 6.82. The molecule has 3 aromatic carbocycles. The second kappa shape index (κ2) is 17.7. The lowest BCUT2D eigenvalue weighted by atomic mass is 9.93. The number of unbranched alkanes of at least 4 members (excludes halogenated alkanes) is 3. The zero-order chi connectivity index (χ0) is 31.9. The van der Waals surface area contributed by atoms with Crippen molar-refractivity contribution in [3.05, 3.63) is 96.1 Å². The maximum atomic E-state index is 11.9. The first-order valence-electron chi connectivity index (χ1n) is 14.8. The highest BCUT2D eigenvalue weighted by atomic mass is 16.7. The highest BCUT2D eigenvalue weighted by Gasteiger charge is 2.13. The van der Waals surface area contributed by atoms with Crippen LogP contribution in [0, 0.1) is 0 Å². The van der Waals surface area contributed by atoms with E-state index in [0.717, 1.165) is 40.7 Å². The molecule has 0 aliphatic carbocycles. The van der Waals surface area contributed by atoms with Gasteiger partial charge in [-0.15, -0.1) is 0 Å². The summed E-state index contributed by atoms with van der Waals surface area (Å²) in [5.41, 5.74) is 6.25. The molecule has 0 saturated carbocycles. The molecule has 0 saturated heterocycles. The average Bonchev–Trinajstić information content (AvgIpc) is 3.05. The Morgan fingerprint density at radius 3 is 1.77 bits per heavy atom. The van der Waals surface area contributed by atoms with Crippen LogP contribution >= 0.6 is 0 Å². The maximum Gasteiger partial charge on any atom is 0.338 e. The molecule has 0 aromatic heterocycles. The van der Waals surface area contributed by atoms with Crippen molar-refractivity contribution in [1.82, 2.24) is 0 Å². The molecule has 0 unspecified atom stereocenters. The van der Waals surface area contributed by atoms with Gasteiger partial charge in [0.1, 0.15) is 11.5 Å². The van der Waals surface area contributed by atoms with Gasteiger partial charge in [-0.05, 0) is 64.8 Å². The predicted octanol–water partition coefficient (Wildman–Crippen LogP) is 6.56. The summed E-state index contributed by atoms with van der Waals surface area (Å²) in [4.78, 5) is 23.7. The van der Waals surface area contributed by atoms with E-state index in [-0.39, 0.29) is 11.1 Å². The molecule has 8 heteroatoms. The summed E-state index contributed by atoms with van der Waals surface area (Å²) in [7, 11) is 0. The van der Waals surface area contributed by atoms with E-state index >= 15 is 0 Å². The fourth-order valence-corrected chi connectivity index (χ4v) is 4.50. The maximum absolute atomic E-state index is 11.9. The third-order valence-electron chi connectivity index (χ3n) is 7.07. The number of aryl methyl sites for hydroxylation is 2. The number of carbonyl (C=O) groups is 2. The van der Waals surface area contributed by atoms with Gasteiger partial charge >= 0.3 is 11.9 Å². The molecule has 3 rings (SSSR count). The monoisotopic (exact) mass is 602 g/mol. The van der Waals surface area contributed by atoms with E-state index in [1.165, 1.54) is 31.2 Å². The number of esters is 2. The van der Waals surface area contributed by atoms with Crippen LogP contribution in [0.25, 0.3) is 22.3 Å². The largest absolute Gasteiger partial charge is 0.457 e. The molecule has 0 aliphatic rings. The van der Waals surface area contributed by atoms with Crippen LogP contribution in [0.3, 0.4) is 0 Å². The minimum absolute atomic E-state index is 0.0908. The number of rotatable bonds is 18. The quantitative estimate of drug-likeness (QED) is 0.0729. The van der Waals surface area contributed by atoms with Crippen LogP contribution in [0.5, 0.6) is 11.5 Å². The number of ether oxygens (including phenoxy) is 4. The highest BCUT2D eigenvalue weighted by Crippen LogP contribution is 2.35. The molecule has 0 radical (unpaired) electrons. The van der Waals surface area contributed by atoms with Crippen LogP contribution in [0.4, 0.5) is 0 Å². The first-order valence-corrected chi connectivity index (χ1v) is 14.8. The van der Waals surface area contributed by atoms with E-state index in [2.05, 4.69) is 63.4 Å². The van der Waals surface area contributed by atoms with Gasteiger partial charge in [0.15, 0.2) is 0 Å². The fourth-order valence-electron chi connectivity index (χ4n) is 4.50. The van der Waals surface area contributed by atoms with Crippen LogP contribution in [-0.2, 0) is 31.9 Å². The predicted molar refractivity (Wildman–Crippen MR) is 170 cm³/mol. The summed E-state index contributed by atoms with van der Waals surface area (Å²) < 4.78 is 21.4. The van der Waals surface area contributed by atoms with Gasteiger partial charge in [0.25, 0.3) is 0 Å². The lowest BCUT2D eigenvalue weighted by Crippen LogP contribution is -2.14.